The zero-order valence-electron chi connectivity index (χ0n) is 8.40. The first-order valence-electron chi connectivity index (χ1n) is 3.95. The van der Waals surface area contributed by atoms with E-state index in [1.54, 1.807) is 0 Å². The van der Waals surface area contributed by atoms with E-state index < -0.39 is 34.2 Å². The number of esters is 1. The number of rotatable bonds is 6. The average molecular weight is 274 g/mol. The third-order valence-corrected chi connectivity index (χ3v) is 3.81. The fourth-order valence-corrected chi connectivity index (χ4v) is 2.56. The molecule has 0 saturated carbocycles. The van der Waals surface area contributed by atoms with Gasteiger partial charge in [-0.2, -0.15) is 0 Å². The Balaban J connectivity index is 4.11. The van der Waals surface area contributed by atoms with E-state index in [0.29, 0.717) is 0 Å². The Morgan fingerprint density at radius 3 is 2.19 bits per heavy atom. The number of carbonyl (C=O) groups excluding carboxylic acids is 1. The Hall–Kier alpha value is -0.490. The van der Waals surface area contributed by atoms with Crippen molar-refractivity contribution in [3.63, 3.8) is 0 Å². The summed E-state index contributed by atoms with van der Waals surface area (Å²) in [6.45, 7) is 4.15. The molecule has 8 nitrogen and oxygen atoms in total. The van der Waals surface area contributed by atoms with E-state index in [0.717, 1.165) is 0 Å². The number of ether oxygens (including phenoxy) is 1. The van der Waals surface area contributed by atoms with Gasteiger partial charge in [0.15, 0.2) is 0 Å². The summed E-state index contributed by atoms with van der Waals surface area (Å²) in [6, 6.07) is 0. The third-order valence-electron chi connectivity index (χ3n) is 1.19. The molecule has 0 saturated heterocycles. The summed E-state index contributed by atoms with van der Waals surface area (Å²) >= 11 is 0. The van der Waals surface area contributed by atoms with Gasteiger partial charge < -0.3 is 19.4 Å². The molecule has 16 heavy (non-hydrogen) atoms. The van der Waals surface area contributed by atoms with Gasteiger partial charge >= 0.3 is 21.4 Å². The maximum Gasteiger partial charge on any atom is 0.476 e. The number of hydrogen-bond donors (Lipinski definition) is 3. The molecule has 0 aromatic heterocycles. The lowest BCUT2D eigenvalue weighted by Crippen LogP contribution is -2.09. The lowest BCUT2D eigenvalue weighted by Gasteiger charge is -2.12. The molecular weight excluding hydrogens is 262 g/mol. The van der Waals surface area contributed by atoms with E-state index in [-0.39, 0.29) is 5.57 Å². The largest absolute Gasteiger partial charge is 0.476 e. The van der Waals surface area contributed by atoms with E-state index in [2.05, 4.69) is 15.6 Å². The summed E-state index contributed by atoms with van der Waals surface area (Å²) in [6.07, 6.45) is -0.711. The van der Waals surface area contributed by atoms with Crippen molar-refractivity contribution in [3.05, 3.63) is 12.2 Å². The van der Waals surface area contributed by atoms with E-state index in [4.69, 9.17) is 14.7 Å². The normalized spacial score (nSPS) is 15.2. The van der Waals surface area contributed by atoms with Gasteiger partial charge in [-0.05, 0) is 6.92 Å². The lowest BCUT2D eigenvalue weighted by atomic mass is 10.4. The second-order valence-corrected chi connectivity index (χ2v) is 6.21. The Morgan fingerprint density at radius 1 is 1.31 bits per heavy atom. The number of carbonyl (C=O) groups is 1. The Bertz CT molecular complexity index is 369. The van der Waals surface area contributed by atoms with E-state index in [9.17, 15) is 13.9 Å². The molecule has 0 aliphatic heterocycles. The van der Waals surface area contributed by atoms with E-state index in [1.807, 2.05) is 0 Å². The van der Waals surface area contributed by atoms with Crippen LogP contribution < -0.4 is 0 Å². The van der Waals surface area contributed by atoms with Gasteiger partial charge in [-0.15, -0.1) is 0 Å². The Morgan fingerprint density at radius 2 is 1.81 bits per heavy atom. The molecule has 3 N–H and O–H groups in total. The smallest absolute Gasteiger partial charge is 0.462 e. The molecule has 0 radical (unpaired) electrons. The van der Waals surface area contributed by atoms with Crippen LogP contribution in [0.4, 0.5) is 0 Å². The minimum absolute atomic E-state index is 0.101. The van der Waals surface area contributed by atoms with Crippen molar-refractivity contribution >= 4 is 21.4 Å². The maximum atomic E-state index is 11.0. The highest BCUT2D eigenvalue weighted by Crippen LogP contribution is 2.56. The summed E-state index contributed by atoms with van der Waals surface area (Å²) in [5.41, 5.74) is 0.101. The molecule has 0 aromatic rings. The summed E-state index contributed by atoms with van der Waals surface area (Å²) in [4.78, 5) is 36.3. The molecular formula is C6H12O8P2. The molecule has 0 fully saturated rings. The Kier molecular flexibility index (Phi) is 5.55. The van der Waals surface area contributed by atoms with Gasteiger partial charge in [-0.1, -0.05) is 6.58 Å². The highest BCUT2D eigenvalue weighted by Gasteiger charge is 2.30. The Labute approximate surface area is 91.7 Å². The number of phosphoric acid groups is 1. The fraction of sp³-hybridized carbons (Fsp3) is 0.500. The molecule has 1 atom stereocenters. The summed E-state index contributed by atoms with van der Waals surface area (Å²) < 4.78 is 29.4. The SMILES string of the molecule is C=C(C)C(=O)OCCP(=O)(O)OP(=O)(O)O. The topological polar surface area (TPSA) is 130 Å². The zero-order valence-corrected chi connectivity index (χ0v) is 10.2. The van der Waals surface area contributed by atoms with Crippen molar-refractivity contribution in [1.82, 2.24) is 0 Å². The standard InChI is InChI=1S/C6H12O8P2/c1-5(2)6(7)13-3-4-15(8,9)14-16(10,11)12/h1,3-4H2,2H3,(H,8,9)(H2,10,11,12). The molecule has 0 aliphatic rings. The zero-order chi connectivity index (χ0) is 13.0. The van der Waals surface area contributed by atoms with E-state index in [1.165, 1.54) is 6.92 Å². The van der Waals surface area contributed by atoms with Crippen LogP contribution in [-0.2, 0) is 23.0 Å². The van der Waals surface area contributed by atoms with Crippen LogP contribution in [0.3, 0.4) is 0 Å². The summed E-state index contributed by atoms with van der Waals surface area (Å²) in [5.74, 6) is -0.767. The van der Waals surface area contributed by atoms with E-state index >= 15 is 0 Å². The number of hydrogen-bond acceptors (Lipinski definition) is 5. The van der Waals surface area contributed by atoms with Crippen LogP contribution in [-0.4, -0.2) is 33.4 Å². The van der Waals surface area contributed by atoms with Gasteiger partial charge in [-0.25, -0.2) is 13.7 Å². The van der Waals surface area contributed by atoms with Gasteiger partial charge in [0.25, 0.3) is 0 Å². The molecule has 94 valence electrons. The molecule has 1 unspecified atom stereocenters. The van der Waals surface area contributed by atoms with Gasteiger partial charge in [0.1, 0.15) is 6.61 Å². The van der Waals surface area contributed by atoms with Crippen molar-refractivity contribution in [2.24, 2.45) is 0 Å². The van der Waals surface area contributed by atoms with Crippen molar-refractivity contribution in [2.45, 2.75) is 6.92 Å². The molecule has 0 amide bonds. The summed E-state index contributed by atoms with van der Waals surface area (Å²) in [7, 11) is -9.51. The van der Waals surface area contributed by atoms with Crippen molar-refractivity contribution < 1.29 is 37.7 Å². The van der Waals surface area contributed by atoms with Gasteiger partial charge in [0, 0.05) is 5.57 Å². The van der Waals surface area contributed by atoms with Crippen LogP contribution in [0.5, 0.6) is 0 Å². The molecule has 0 rings (SSSR count). The molecule has 0 spiro atoms. The minimum atomic E-state index is -5.04. The van der Waals surface area contributed by atoms with Gasteiger partial charge in [0.05, 0.1) is 6.16 Å². The van der Waals surface area contributed by atoms with Crippen LogP contribution in [0.15, 0.2) is 12.2 Å². The second-order valence-electron chi connectivity index (χ2n) is 2.85. The van der Waals surface area contributed by atoms with Crippen LogP contribution >= 0.6 is 15.4 Å². The molecule has 0 aliphatic carbocycles. The quantitative estimate of drug-likeness (QED) is 0.360. The fourth-order valence-electron chi connectivity index (χ4n) is 0.584. The first kappa shape index (κ1) is 15.5. The predicted octanol–water partition coefficient (Wildman–Crippen LogP) is 0.400. The van der Waals surface area contributed by atoms with Crippen molar-refractivity contribution in [3.8, 4) is 0 Å². The lowest BCUT2D eigenvalue weighted by molar-refractivity contribution is -0.138. The third kappa shape index (κ3) is 7.76. The van der Waals surface area contributed by atoms with Crippen LogP contribution in [0.1, 0.15) is 6.92 Å². The average Bonchev–Trinajstić information content (AvgIpc) is 1.98. The van der Waals surface area contributed by atoms with Crippen molar-refractivity contribution in [1.29, 1.82) is 0 Å². The molecule has 10 heteroatoms. The molecule has 0 bridgehead atoms. The summed E-state index contributed by atoms with van der Waals surface area (Å²) in [5, 5.41) is 0. The van der Waals surface area contributed by atoms with Crippen molar-refractivity contribution in [2.75, 3.05) is 12.8 Å². The van der Waals surface area contributed by atoms with Gasteiger partial charge in [-0.3, -0.25) is 4.57 Å². The second kappa shape index (κ2) is 5.72. The first-order chi connectivity index (χ1) is 7.03. The first-order valence-corrected chi connectivity index (χ1v) is 7.24. The van der Waals surface area contributed by atoms with Crippen LogP contribution in [0.25, 0.3) is 0 Å². The predicted molar refractivity (Wildman–Crippen MR) is 53.6 cm³/mol. The maximum absolute atomic E-state index is 11.0. The molecule has 0 aromatic carbocycles. The van der Waals surface area contributed by atoms with Gasteiger partial charge in [0.2, 0.25) is 0 Å². The minimum Gasteiger partial charge on any atom is -0.462 e. The highest BCUT2D eigenvalue weighted by molar-refractivity contribution is 7.63. The molecule has 0 heterocycles. The van der Waals surface area contributed by atoms with Crippen LogP contribution in [0.2, 0.25) is 0 Å². The monoisotopic (exact) mass is 274 g/mol. The highest BCUT2D eigenvalue weighted by atomic mass is 31.3. The van der Waals surface area contributed by atoms with Crippen LogP contribution in [0, 0.1) is 0 Å².